The molecule has 0 bridgehead atoms. The Bertz CT molecular complexity index is 837. The molecule has 0 aliphatic heterocycles. The van der Waals surface area contributed by atoms with Crippen LogP contribution in [-0.2, 0) is 14.3 Å². The molecule has 0 spiro atoms. The van der Waals surface area contributed by atoms with Crippen LogP contribution in [0, 0.1) is 13.8 Å². The number of carboxylic acids is 2. The van der Waals surface area contributed by atoms with Crippen molar-refractivity contribution >= 4 is 18.0 Å². The molecule has 2 atom stereocenters. The van der Waals surface area contributed by atoms with Crippen molar-refractivity contribution in [3.8, 4) is 0 Å². The van der Waals surface area contributed by atoms with E-state index in [2.05, 4.69) is 10.1 Å². The van der Waals surface area contributed by atoms with E-state index >= 15 is 0 Å². The molecule has 2 rings (SSSR count). The number of ether oxygens (including phenoxy) is 1. The molecule has 0 fully saturated rings. The molecule has 8 heteroatoms. The van der Waals surface area contributed by atoms with Gasteiger partial charge in [0.15, 0.2) is 6.04 Å². The van der Waals surface area contributed by atoms with Crippen molar-refractivity contribution in [3.05, 3.63) is 70.8 Å². The quantitative estimate of drug-likeness (QED) is 0.617. The Morgan fingerprint density at radius 1 is 0.893 bits per heavy atom. The summed E-state index contributed by atoms with van der Waals surface area (Å²) in [5, 5.41) is 19.9. The minimum atomic E-state index is -1.13. The van der Waals surface area contributed by atoms with Crippen LogP contribution in [-0.4, -0.2) is 35.4 Å². The van der Waals surface area contributed by atoms with Gasteiger partial charge < -0.3 is 26.0 Å². The van der Waals surface area contributed by atoms with E-state index in [9.17, 15) is 14.4 Å². The smallest absolute Gasteiger partial charge is 0.407 e. The van der Waals surface area contributed by atoms with Gasteiger partial charge in [-0.3, -0.25) is 4.79 Å². The van der Waals surface area contributed by atoms with Gasteiger partial charge in [-0.2, -0.15) is 0 Å². The summed E-state index contributed by atoms with van der Waals surface area (Å²) in [7, 11) is 1.19. The summed E-state index contributed by atoms with van der Waals surface area (Å²) >= 11 is 0. The predicted molar refractivity (Wildman–Crippen MR) is 103 cm³/mol. The third-order valence-corrected chi connectivity index (χ3v) is 3.98. The first-order valence-corrected chi connectivity index (χ1v) is 8.35. The zero-order chi connectivity index (χ0) is 21.3. The summed E-state index contributed by atoms with van der Waals surface area (Å²) in [6, 6.07) is 12.2. The Balaban J connectivity index is 0.000000292. The maximum atomic E-state index is 11.0. The second-order valence-electron chi connectivity index (χ2n) is 5.94. The van der Waals surface area contributed by atoms with E-state index in [4.69, 9.17) is 15.9 Å². The van der Waals surface area contributed by atoms with Crippen LogP contribution in [0.5, 0.6) is 0 Å². The molecule has 0 saturated carbocycles. The van der Waals surface area contributed by atoms with Crippen molar-refractivity contribution in [1.82, 2.24) is 5.32 Å². The van der Waals surface area contributed by atoms with Gasteiger partial charge in [-0.15, -0.1) is 0 Å². The molecule has 2 aromatic rings. The molecule has 0 aliphatic rings. The molecule has 0 aliphatic carbocycles. The number of hydrogen-bond donors (Lipinski definition) is 4. The lowest BCUT2D eigenvalue weighted by Gasteiger charge is -2.15. The average molecular weight is 388 g/mol. The van der Waals surface area contributed by atoms with Crippen molar-refractivity contribution in [2.24, 2.45) is 5.73 Å². The zero-order valence-corrected chi connectivity index (χ0v) is 15.9. The van der Waals surface area contributed by atoms with Crippen LogP contribution >= 0.6 is 0 Å². The lowest BCUT2D eigenvalue weighted by molar-refractivity contribution is -0.140. The number of benzene rings is 2. The van der Waals surface area contributed by atoms with E-state index in [0.717, 1.165) is 11.1 Å². The summed E-state index contributed by atoms with van der Waals surface area (Å²) < 4.78 is 4.38. The third kappa shape index (κ3) is 6.40. The molecule has 28 heavy (non-hydrogen) atoms. The molecule has 2 unspecified atom stereocenters. The van der Waals surface area contributed by atoms with E-state index < -0.39 is 30.1 Å². The highest BCUT2D eigenvalue weighted by molar-refractivity contribution is 5.81. The monoisotopic (exact) mass is 388 g/mol. The Kier molecular flexibility index (Phi) is 8.64. The lowest BCUT2D eigenvalue weighted by atomic mass is 10.0. The number of carbonyl (C=O) groups is 3. The van der Waals surface area contributed by atoms with Crippen molar-refractivity contribution < 1.29 is 29.3 Å². The number of aliphatic carboxylic acids is 2. The van der Waals surface area contributed by atoms with Gasteiger partial charge in [0, 0.05) is 0 Å². The summed E-state index contributed by atoms with van der Waals surface area (Å²) in [4.78, 5) is 32.6. The fourth-order valence-electron chi connectivity index (χ4n) is 2.43. The number of alkyl carbamates (subject to hydrolysis) is 1. The molecule has 5 N–H and O–H groups in total. The standard InChI is InChI=1S/C11H13NO4.C9H11NO2/c1-7-5-3-4-6-8(7)9(10(13)14)12-11(15)16-2;1-6-4-2-3-5-7(6)8(10)9(11)12/h3-6,9H,1-2H3,(H,12,15)(H,13,14);2-5,8H,10H2,1H3,(H,11,12). The number of carbonyl (C=O) groups excluding carboxylic acids is 1. The van der Waals surface area contributed by atoms with Gasteiger partial charge in [0.25, 0.3) is 0 Å². The normalized spacial score (nSPS) is 12.0. The topological polar surface area (TPSA) is 139 Å². The first-order valence-electron chi connectivity index (χ1n) is 8.35. The van der Waals surface area contributed by atoms with Crippen molar-refractivity contribution in [1.29, 1.82) is 0 Å². The van der Waals surface area contributed by atoms with Gasteiger partial charge in [0.2, 0.25) is 0 Å². The van der Waals surface area contributed by atoms with Crippen molar-refractivity contribution in [3.63, 3.8) is 0 Å². The van der Waals surface area contributed by atoms with E-state index in [1.807, 2.05) is 19.1 Å². The van der Waals surface area contributed by atoms with E-state index in [1.54, 1.807) is 43.3 Å². The maximum Gasteiger partial charge on any atom is 0.407 e. The van der Waals surface area contributed by atoms with Crippen LogP contribution in [0.4, 0.5) is 4.79 Å². The highest BCUT2D eigenvalue weighted by Crippen LogP contribution is 2.17. The first-order chi connectivity index (χ1) is 13.2. The van der Waals surface area contributed by atoms with Gasteiger partial charge >= 0.3 is 18.0 Å². The maximum absolute atomic E-state index is 11.0. The Morgan fingerprint density at radius 2 is 1.36 bits per heavy atom. The minimum Gasteiger partial charge on any atom is -0.480 e. The number of nitrogens with two attached hydrogens (primary N) is 1. The molecular weight excluding hydrogens is 364 g/mol. The third-order valence-electron chi connectivity index (χ3n) is 3.98. The molecule has 150 valence electrons. The zero-order valence-electron chi connectivity index (χ0n) is 15.9. The SMILES string of the molecule is COC(=O)NC(C(=O)O)c1ccccc1C.Cc1ccccc1C(N)C(=O)O. The van der Waals surface area contributed by atoms with Crippen LogP contribution in [0.2, 0.25) is 0 Å². The Morgan fingerprint density at radius 3 is 1.75 bits per heavy atom. The number of amides is 1. The Labute approximate surface area is 162 Å². The number of rotatable bonds is 5. The van der Waals surface area contributed by atoms with E-state index in [-0.39, 0.29) is 0 Å². The molecule has 0 saturated heterocycles. The van der Waals surface area contributed by atoms with Crippen LogP contribution in [0.15, 0.2) is 48.5 Å². The lowest BCUT2D eigenvalue weighted by Crippen LogP contribution is -2.34. The number of carboxylic acid groups (broad SMARTS) is 2. The largest absolute Gasteiger partial charge is 0.480 e. The van der Waals surface area contributed by atoms with E-state index in [1.165, 1.54) is 7.11 Å². The molecule has 2 aromatic carbocycles. The van der Waals surface area contributed by atoms with E-state index in [0.29, 0.717) is 11.1 Å². The van der Waals surface area contributed by atoms with Gasteiger partial charge in [0.05, 0.1) is 7.11 Å². The van der Waals surface area contributed by atoms with Gasteiger partial charge in [0.1, 0.15) is 6.04 Å². The van der Waals surface area contributed by atoms with Crippen LogP contribution < -0.4 is 11.1 Å². The molecule has 1 amide bonds. The highest BCUT2D eigenvalue weighted by Gasteiger charge is 2.23. The summed E-state index contributed by atoms with van der Waals surface area (Å²) in [5.41, 5.74) is 8.36. The molecule has 0 heterocycles. The molecular formula is C20H24N2O6. The second-order valence-corrected chi connectivity index (χ2v) is 5.94. The number of hydrogen-bond acceptors (Lipinski definition) is 5. The number of aryl methyl sites for hydroxylation is 2. The summed E-state index contributed by atoms with van der Waals surface area (Å²) in [6.07, 6.45) is -0.768. The van der Waals surface area contributed by atoms with Crippen molar-refractivity contribution in [2.45, 2.75) is 25.9 Å². The van der Waals surface area contributed by atoms with Gasteiger partial charge in [-0.25, -0.2) is 9.59 Å². The Hall–Kier alpha value is -3.39. The fraction of sp³-hybridized carbons (Fsp3) is 0.250. The summed E-state index contributed by atoms with van der Waals surface area (Å²) in [6.45, 7) is 3.63. The van der Waals surface area contributed by atoms with Crippen molar-refractivity contribution in [2.75, 3.05) is 7.11 Å². The first kappa shape index (κ1) is 22.7. The van der Waals surface area contributed by atoms with Crippen LogP contribution in [0.3, 0.4) is 0 Å². The fourth-order valence-corrected chi connectivity index (χ4v) is 2.43. The summed E-state index contributed by atoms with van der Waals surface area (Å²) in [5.74, 6) is -2.12. The number of nitrogens with one attached hydrogen (secondary N) is 1. The second kappa shape index (κ2) is 10.7. The molecule has 8 nitrogen and oxygen atoms in total. The van der Waals surface area contributed by atoms with Gasteiger partial charge in [-0.1, -0.05) is 48.5 Å². The highest BCUT2D eigenvalue weighted by atomic mass is 16.5. The molecule has 0 aromatic heterocycles. The van der Waals surface area contributed by atoms with Gasteiger partial charge in [-0.05, 0) is 36.1 Å². The van der Waals surface area contributed by atoms with Crippen LogP contribution in [0.1, 0.15) is 34.3 Å². The number of methoxy groups -OCH3 is 1. The average Bonchev–Trinajstić information content (AvgIpc) is 2.66. The molecule has 0 radical (unpaired) electrons. The minimum absolute atomic E-state index is 0.542. The van der Waals surface area contributed by atoms with Crippen LogP contribution in [0.25, 0.3) is 0 Å². The predicted octanol–water partition coefficient (Wildman–Crippen LogP) is 2.56.